The molecule has 35 heavy (non-hydrogen) atoms. The number of carbonyl (C=O) groups excluding carboxylic acids is 1. The van der Waals surface area contributed by atoms with E-state index in [2.05, 4.69) is 106 Å². The molecule has 3 aliphatic rings. The average Bonchev–Trinajstić information content (AvgIpc) is 3.61. The van der Waals surface area contributed by atoms with Crippen LogP contribution in [0.1, 0.15) is 36.0 Å². The number of benzene rings is 3. The molecule has 3 aliphatic heterocycles. The number of nitrogens with zero attached hydrogens (tertiary/aromatic N) is 2. The third-order valence-electron chi connectivity index (χ3n) is 8.44. The predicted octanol–water partition coefficient (Wildman–Crippen LogP) is 5.78. The van der Waals surface area contributed by atoms with Crippen LogP contribution in [0.4, 0.5) is 5.69 Å². The van der Waals surface area contributed by atoms with Gasteiger partial charge in [0.25, 0.3) is 0 Å². The van der Waals surface area contributed by atoms with E-state index >= 15 is 0 Å². The lowest BCUT2D eigenvalue weighted by molar-refractivity contribution is -0.129. The number of hydrogen-bond donors (Lipinski definition) is 0. The van der Waals surface area contributed by atoms with E-state index in [1.165, 1.54) is 35.2 Å². The molecule has 3 aromatic carbocycles. The van der Waals surface area contributed by atoms with Crippen LogP contribution in [0.15, 0.2) is 84.9 Å². The quantitative estimate of drug-likeness (QED) is 0.461. The standard InChI is InChI=1S/C31H34N2OS/c34-30(21-24-11-7-8-16-28(24)32-18-9-10-19-32)33-22-27-29(23-33)35-20-17-31(27,25-12-3-1-4-13-25)26-14-5-2-6-15-26/h1-8,11-16,27,29H,9-10,17-23H2. The molecule has 0 aliphatic carbocycles. The summed E-state index contributed by atoms with van der Waals surface area (Å²) in [7, 11) is 0. The van der Waals surface area contributed by atoms with Crippen LogP contribution in [0.25, 0.3) is 0 Å². The van der Waals surface area contributed by atoms with Crippen LogP contribution in [-0.2, 0) is 16.6 Å². The van der Waals surface area contributed by atoms with E-state index in [4.69, 9.17) is 0 Å². The molecule has 0 radical (unpaired) electrons. The number of anilines is 1. The first kappa shape index (κ1) is 22.7. The van der Waals surface area contributed by atoms with Crippen LogP contribution in [0.5, 0.6) is 0 Å². The average molecular weight is 483 g/mol. The van der Waals surface area contributed by atoms with E-state index in [1.807, 2.05) is 0 Å². The largest absolute Gasteiger partial charge is 0.371 e. The molecule has 2 unspecified atom stereocenters. The Hall–Kier alpha value is -2.72. The van der Waals surface area contributed by atoms with Gasteiger partial charge in [0.15, 0.2) is 0 Å². The van der Waals surface area contributed by atoms with Gasteiger partial charge < -0.3 is 9.80 Å². The van der Waals surface area contributed by atoms with Crippen molar-refractivity contribution < 1.29 is 4.79 Å². The van der Waals surface area contributed by atoms with Crippen molar-refractivity contribution in [2.75, 3.05) is 36.8 Å². The molecule has 3 saturated heterocycles. The molecule has 3 heterocycles. The SMILES string of the molecule is O=C(Cc1ccccc1N1CCCC1)N1CC2SCCC(c3ccccc3)(c3ccccc3)C2C1. The van der Waals surface area contributed by atoms with E-state index in [0.29, 0.717) is 17.6 Å². The molecular weight excluding hydrogens is 448 g/mol. The Bertz CT molecular complexity index is 1120. The van der Waals surface area contributed by atoms with Crippen LogP contribution >= 0.6 is 11.8 Å². The second-order valence-electron chi connectivity index (χ2n) is 10.3. The molecule has 0 aromatic heterocycles. The fraction of sp³-hybridized carbons (Fsp3) is 0.387. The minimum Gasteiger partial charge on any atom is -0.371 e. The highest BCUT2D eigenvalue weighted by molar-refractivity contribution is 8.00. The van der Waals surface area contributed by atoms with Gasteiger partial charge in [-0.15, -0.1) is 0 Å². The van der Waals surface area contributed by atoms with Crippen molar-refractivity contribution in [1.82, 2.24) is 4.90 Å². The van der Waals surface area contributed by atoms with Gasteiger partial charge in [-0.25, -0.2) is 0 Å². The molecular formula is C31H34N2OS. The predicted molar refractivity (Wildman–Crippen MR) is 146 cm³/mol. The van der Waals surface area contributed by atoms with E-state index < -0.39 is 0 Å². The first-order valence-corrected chi connectivity index (χ1v) is 14.1. The normalized spacial score (nSPS) is 23.3. The summed E-state index contributed by atoms with van der Waals surface area (Å²) in [5.74, 6) is 1.83. The second-order valence-corrected chi connectivity index (χ2v) is 11.6. The van der Waals surface area contributed by atoms with E-state index in [1.54, 1.807) is 0 Å². The van der Waals surface area contributed by atoms with Gasteiger partial charge in [0.05, 0.1) is 6.42 Å². The lowest BCUT2D eigenvalue weighted by Gasteiger charge is -2.46. The molecule has 3 nitrogen and oxygen atoms in total. The summed E-state index contributed by atoms with van der Waals surface area (Å²) >= 11 is 2.07. The Morgan fingerprint density at radius 1 is 0.829 bits per heavy atom. The maximum absolute atomic E-state index is 13.7. The second kappa shape index (κ2) is 9.73. The van der Waals surface area contributed by atoms with Crippen LogP contribution < -0.4 is 4.90 Å². The summed E-state index contributed by atoms with van der Waals surface area (Å²) in [6, 6.07) is 30.7. The fourth-order valence-corrected chi connectivity index (χ4v) is 8.31. The summed E-state index contributed by atoms with van der Waals surface area (Å²) < 4.78 is 0. The van der Waals surface area contributed by atoms with Crippen molar-refractivity contribution in [2.24, 2.45) is 5.92 Å². The molecule has 6 rings (SSSR count). The number of hydrogen-bond acceptors (Lipinski definition) is 3. The van der Waals surface area contributed by atoms with Gasteiger partial charge in [0, 0.05) is 48.4 Å². The molecule has 1 amide bonds. The molecule has 180 valence electrons. The van der Waals surface area contributed by atoms with Gasteiger partial charge in [0.1, 0.15) is 0 Å². The summed E-state index contributed by atoms with van der Waals surface area (Å²) in [6.07, 6.45) is 4.11. The Morgan fingerprint density at radius 3 is 2.14 bits per heavy atom. The molecule has 2 atom stereocenters. The third-order valence-corrected chi connectivity index (χ3v) is 9.78. The minimum absolute atomic E-state index is 0.0407. The first-order valence-electron chi connectivity index (χ1n) is 13.1. The van der Waals surface area contributed by atoms with Crippen molar-refractivity contribution in [3.8, 4) is 0 Å². The maximum Gasteiger partial charge on any atom is 0.227 e. The van der Waals surface area contributed by atoms with Gasteiger partial charge >= 0.3 is 0 Å². The fourth-order valence-electron chi connectivity index (χ4n) is 6.73. The van der Waals surface area contributed by atoms with Gasteiger partial charge in [-0.05, 0) is 47.8 Å². The van der Waals surface area contributed by atoms with Crippen LogP contribution in [0.3, 0.4) is 0 Å². The number of likely N-dealkylation sites (tertiary alicyclic amines) is 1. The smallest absolute Gasteiger partial charge is 0.227 e. The zero-order valence-corrected chi connectivity index (χ0v) is 21.1. The van der Waals surface area contributed by atoms with Crippen LogP contribution in [0.2, 0.25) is 0 Å². The Kier molecular flexibility index (Phi) is 6.32. The molecule has 0 bridgehead atoms. The molecule has 0 saturated carbocycles. The molecule has 3 fully saturated rings. The van der Waals surface area contributed by atoms with Crippen molar-refractivity contribution in [1.29, 1.82) is 0 Å². The monoisotopic (exact) mass is 482 g/mol. The van der Waals surface area contributed by atoms with Gasteiger partial charge in [-0.3, -0.25) is 4.79 Å². The number of para-hydroxylation sites is 1. The van der Waals surface area contributed by atoms with Crippen molar-refractivity contribution in [3.63, 3.8) is 0 Å². The highest BCUT2D eigenvalue weighted by Crippen LogP contribution is 2.53. The Labute approximate surface area is 213 Å². The van der Waals surface area contributed by atoms with Crippen LogP contribution in [0, 0.1) is 5.92 Å². The first-order chi connectivity index (χ1) is 17.3. The van der Waals surface area contributed by atoms with E-state index in [0.717, 1.165) is 38.4 Å². The summed E-state index contributed by atoms with van der Waals surface area (Å²) in [5, 5.41) is 0.474. The number of thioether (sulfide) groups is 1. The Balaban J connectivity index is 1.29. The third kappa shape index (κ3) is 4.16. The lowest BCUT2D eigenvalue weighted by atomic mass is 9.63. The lowest BCUT2D eigenvalue weighted by Crippen LogP contribution is -2.45. The number of rotatable bonds is 5. The molecule has 0 spiro atoms. The highest BCUT2D eigenvalue weighted by atomic mass is 32.2. The number of fused-ring (bicyclic) bond motifs is 1. The number of amides is 1. The highest BCUT2D eigenvalue weighted by Gasteiger charge is 2.52. The van der Waals surface area contributed by atoms with Gasteiger partial charge in [-0.2, -0.15) is 11.8 Å². The topological polar surface area (TPSA) is 23.6 Å². The zero-order chi connectivity index (χ0) is 23.7. The minimum atomic E-state index is -0.0407. The van der Waals surface area contributed by atoms with E-state index in [-0.39, 0.29) is 11.3 Å². The molecule has 3 aromatic rings. The maximum atomic E-state index is 13.7. The number of carbonyl (C=O) groups is 1. The molecule has 4 heteroatoms. The van der Waals surface area contributed by atoms with Crippen molar-refractivity contribution >= 4 is 23.4 Å². The van der Waals surface area contributed by atoms with Gasteiger partial charge in [-0.1, -0.05) is 78.9 Å². The van der Waals surface area contributed by atoms with Gasteiger partial charge in [0.2, 0.25) is 5.91 Å². The summed E-state index contributed by atoms with van der Waals surface area (Å²) in [4.78, 5) is 18.3. The molecule has 0 N–H and O–H groups in total. The van der Waals surface area contributed by atoms with Crippen molar-refractivity contribution in [2.45, 2.75) is 36.3 Å². The Morgan fingerprint density at radius 2 is 1.46 bits per heavy atom. The summed E-state index contributed by atoms with van der Waals surface area (Å²) in [6.45, 7) is 3.91. The van der Waals surface area contributed by atoms with Crippen molar-refractivity contribution in [3.05, 3.63) is 102 Å². The van der Waals surface area contributed by atoms with Crippen LogP contribution in [-0.4, -0.2) is 48.0 Å². The summed E-state index contributed by atoms with van der Waals surface area (Å²) in [5.41, 5.74) is 5.19. The van der Waals surface area contributed by atoms with E-state index in [9.17, 15) is 4.79 Å². The zero-order valence-electron chi connectivity index (χ0n) is 20.3.